The van der Waals surface area contributed by atoms with Crippen LogP contribution in [0.4, 0.5) is 0 Å². The van der Waals surface area contributed by atoms with Gasteiger partial charge in [-0.3, -0.25) is 4.79 Å². The molecule has 1 aliphatic heterocycles. The number of likely N-dealkylation sites (tertiary alicyclic amines) is 1. The van der Waals surface area contributed by atoms with Crippen LogP contribution in [0.15, 0.2) is 0 Å². The lowest BCUT2D eigenvalue weighted by molar-refractivity contribution is -0.117. The van der Waals surface area contributed by atoms with Gasteiger partial charge in [-0.15, -0.1) is 0 Å². The molecule has 0 aromatic carbocycles. The molecule has 0 aromatic heterocycles. The van der Waals surface area contributed by atoms with E-state index in [1.807, 2.05) is 7.05 Å². The molecule has 0 bridgehead atoms. The summed E-state index contributed by atoms with van der Waals surface area (Å²) in [7, 11) is 4.12. The first-order valence-corrected chi connectivity index (χ1v) is 5.48. The van der Waals surface area contributed by atoms with E-state index < -0.39 is 0 Å². The number of ketones is 1. The Balaban J connectivity index is 2.46. The SMILES string of the molecule is CNC(CC(C)=O)C1CCCN(C)C1. The summed E-state index contributed by atoms with van der Waals surface area (Å²) in [5.74, 6) is 0.931. The zero-order chi connectivity index (χ0) is 10.6. The quantitative estimate of drug-likeness (QED) is 0.728. The fraction of sp³-hybridized carbons (Fsp3) is 0.909. The highest BCUT2D eigenvalue weighted by Crippen LogP contribution is 2.20. The standard InChI is InChI=1S/C11H22N2O/c1-9(14)7-11(12-2)10-5-4-6-13(3)8-10/h10-12H,4-8H2,1-3H3. The molecule has 1 fully saturated rings. The smallest absolute Gasteiger partial charge is 0.131 e. The zero-order valence-electron chi connectivity index (χ0n) is 9.55. The Morgan fingerprint density at radius 2 is 2.36 bits per heavy atom. The van der Waals surface area contributed by atoms with Crippen molar-refractivity contribution in [2.45, 2.75) is 32.2 Å². The van der Waals surface area contributed by atoms with Crippen LogP contribution < -0.4 is 5.32 Å². The third-order valence-electron chi connectivity index (χ3n) is 3.11. The van der Waals surface area contributed by atoms with Gasteiger partial charge in [0.1, 0.15) is 5.78 Å². The molecule has 1 aliphatic rings. The van der Waals surface area contributed by atoms with Gasteiger partial charge in [0, 0.05) is 19.0 Å². The maximum Gasteiger partial charge on any atom is 0.131 e. The van der Waals surface area contributed by atoms with Crippen LogP contribution >= 0.6 is 0 Å². The minimum Gasteiger partial charge on any atom is -0.316 e. The molecule has 3 nitrogen and oxygen atoms in total. The molecule has 0 radical (unpaired) electrons. The molecule has 0 aromatic rings. The molecular formula is C11H22N2O. The monoisotopic (exact) mass is 198 g/mol. The maximum absolute atomic E-state index is 11.1. The Hall–Kier alpha value is -0.410. The van der Waals surface area contributed by atoms with E-state index in [4.69, 9.17) is 0 Å². The van der Waals surface area contributed by atoms with Gasteiger partial charge in [-0.2, -0.15) is 0 Å². The van der Waals surface area contributed by atoms with Crippen molar-refractivity contribution in [1.29, 1.82) is 0 Å². The van der Waals surface area contributed by atoms with Gasteiger partial charge in [0.25, 0.3) is 0 Å². The second-order valence-electron chi connectivity index (χ2n) is 4.47. The molecular weight excluding hydrogens is 176 g/mol. The lowest BCUT2D eigenvalue weighted by atomic mass is 9.88. The van der Waals surface area contributed by atoms with Crippen molar-refractivity contribution in [2.24, 2.45) is 5.92 Å². The first-order chi connectivity index (χ1) is 6.63. The Labute approximate surface area is 86.9 Å². The largest absolute Gasteiger partial charge is 0.316 e. The van der Waals surface area contributed by atoms with Gasteiger partial charge in [0.05, 0.1) is 0 Å². The van der Waals surface area contributed by atoms with E-state index in [1.165, 1.54) is 19.4 Å². The highest BCUT2D eigenvalue weighted by Gasteiger charge is 2.25. The molecule has 3 heteroatoms. The summed E-state index contributed by atoms with van der Waals surface area (Å²) in [6, 6.07) is 0.371. The van der Waals surface area contributed by atoms with Gasteiger partial charge in [0.2, 0.25) is 0 Å². The minimum atomic E-state index is 0.289. The number of carbonyl (C=O) groups is 1. The molecule has 1 rings (SSSR count). The van der Waals surface area contributed by atoms with Gasteiger partial charge in [-0.25, -0.2) is 0 Å². The van der Waals surface area contributed by atoms with E-state index in [2.05, 4.69) is 17.3 Å². The molecule has 0 saturated carbocycles. The molecule has 0 amide bonds. The highest BCUT2D eigenvalue weighted by atomic mass is 16.1. The topological polar surface area (TPSA) is 32.3 Å². The van der Waals surface area contributed by atoms with Gasteiger partial charge in [-0.05, 0) is 46.3 Å². The average Bonchev–Trinajstić information content (AvgIpc) is 2.14. The number of Topliss-reactive ketones (excluding diaryl/α,β-unsaturated/α-hetero) is 1. The molecule has 0 aliphatic carbocycles. The summed E-state index contributed by atoms with van der Waals surface area (Å²) >= 11 is 0. The summed E-state index contributed by atoms with van der Waals surface area (Å²) in [4.78, 5) is 13.4. The van der Waals surface area contributed by atoms with Crippen molar-refractivity contribution in [2.75, 3.05) is 27.2 Å². The predicted molar refractivity (Wildman–Crippen MR) is 58.4 cm³/mol. The molecule has 1 N–H and O–H groups in total. The van der Waals surface area contributed by atoms with Gasteiger partial charge in [0.15, 0.2) is 0 Å². The van der Waals surface area contributed by atoms with Crippen LogP contribution in [0.5, 0.6) is 0 Å². The number of hydrogen-bond donors (Lipinski definition) is 1. The Morgan fingerprint density at radius 1 is 1.64 bits per heavy atom. The Bertz CT molecular complexity index is 194. The molecule has 82 valence electrons. The van der Waals surface area contributed by atoms with E-state index in [-0.39, 0.29) is 5.78 Å². The van der Waals surface area contributed by atoms with E-state index in [9.17, 15) is 4.79 Å². The van der Waals surface area contributed by atoms with E-state index >= 15 is 0 Å². The van der Waals surface area contributed by atoms with Crippen molar-refractivity contribution in [3.63, 3.8) is 0 Å². The van der Waals surface area contributed by atoms with Crippen LogP contribution in [0.25, 0.3) is 0 Å². The van der Waals surface area contributed by atoms with Gasteiger partial charge < -0.3 is 10.2 Å². The van der Waals surface area contributed by atoms with Crippen LogP contribution in [-0.2, 0) is 4.79 Å². The summed E-state index contributed by atoms with van der Waals surface area (Å²) in [6.45, 7) is 4.00. The average molecular weight is 198 g/mol. The van der Waals surface area contributed by atoms with Crippen molar-refractivity contribution < 1.29 is 4.79 Å². The van der Waals surface area contributed by atoms with Gasteiger partial charge in [-0.1, -0.05) is 0 Å². The molecule has 0 spiro atoms. The maximum atomic E-state index is 11.1. The molecule has 1 saturated heterocycles. The summed E-state index contributed by atoms with van der Waals surface area (Å²) in [6.07, 6.45) is 3.19. The van der Waals surface area contributed by atoms with Crippen LogP contribution in [-0.4, -0.2) is 43.9 Å². The first kappa shape index (κ1) is 11.7. The van der Waals surface area contributed by atoms with E-state index in [0.29, 0.717) is 18.4 Å². The van der Waals surface area contributed by atoms with Gasteiger partial charge >= 0.3 is 0 Å². The molecule has 2 atom stereocenters. The normalized spacial score (nSPS) is 26.1. The highest BCUT2D eigenvalue weighted by molar-refractivity contribution is 5.76. The number of rotatable bonds is 4. The predicted octanol–water partition coefficient (Wildman–Crippen LogP) is 0.895. The summed E-state index contributed by atoms with van der Waals surface area (Å²) in [5.41, 5.74) is 0. The Kier molecular flexibility index (Phi) is 4.55. The zero-order valence-corrected chi connectivity index (χ0v) is 9.55. The Morgan fingerprint density at radius 3 is 2.86 bits per heavy atom. The van der Waals surface area contributed by atoms with E-state index in [1.54, 1.807) is 6.92 Å². The second kappa shape index (κ2) is 5.47. The van der Waals surface area contributed by atoms with Crippen molar-refractivity contribution in [3.05, 3.63) is 0 Å². The number of nitrogens with one attached hydrogen (secondary N) is 1. The lowest BCUT2D eigenvalue weighted by Gasteiger charge is -2.34. The third kappa shape index (κ3) is 3.39. The molecule has 1 heterocycles. The number of nitrogens with zero attached hydrogens (tertiary/aromatic N) is 1. The van der Waals surface area contributed by atoms with Crippen molar-refractivity contribution >= 4 is 5.78 Å². The fourth-order valence-corrected chi connectivity index (χ4v) is 2.35. The number of piperidine rings is 1. The third-order valence-corrected chi connectivity index (χ3v) is 3.11. The number of carbonyl (C=O) groups excluding carboxylic acids is 1. The van der Waals surface area contributed by atoms with Crippen molar-refractivity contribution in [1.82, 2.24) is 10.2 Å². The first-order valence-electron chi connectivity index (χ1n) is 5.48. The van der Waals surface area contributed by atoms with Crippen molar-refractivity contribution in [3.8, 4) is 0 Å². The van der Waals surface area contributed by atoms with Crippen LogP contribution in [0.2, 0.25) is 0 Å². The van der Waals surface area contributed by atoms with E-state index in [0.717, 1.165) is 6.54 Å². The van der Waals surface area contributed by atoms with Crippen LogP contribution in [0.3, 0.4) is 0 Å². The summed E-state index contributed by atoms with van der Waals surface area (Å²) in [5, 5.41) is 3.28. The summed E-state index contributed by atoms with van der Waals surface area (Å²) < 4.78 is 0. The van der Waals surface area contributed by atoms with Crippen LogP contribution in [0, 0.1) is 5.92 Å². The second-order valence-corrected chi connectivity index (χ2v) is 4.47. The molecule has 2 unspecified atom stereocenters. The minimum absolute atomic E-state index is 0.289. The molecule has 14 heavy (non-hydrogen) atoms. The van der Waals surface area contributed by atoms with Crippen LogP contribution in [0.1, 0.15) is 26.2 Å². The fourth-order valence-electron chi connectivity index (χ4n) is 2.35. The lowest BCUT2D eigenvalue weighted by Crippen LogP contribution is -2.44. The number of hydrogen-bond acceptors (Lipinski definition) is 3.